The Morgan fingerprint density at radius 3 is 2.59 bits per heavy atom. The van der Waals surface area contributed by atoms with Gasteiger partial charge < -0.3 is 4.90 Å². The Bertz CT molecular complexity index is 388. The van der Waals surface area contributed by atoms with E-state index in [2.05, 4.69) is 19.1 Å². The van der Waals surface area contributed by atoms with Gasteiger partial charge in [-0.3, -0.25) is 4.79 Å². The van der Waals surface area contributed by atoms with E-state index in [1.54, 1.807) is 0 Å². The molecule has 92 valence electrons. The lowest BCUT2D eigenvalue weighted by Crippen LogP contribution is -2.24. The number of carbonyl (C=O) groups is 1. The fourth-order valence-electron chi connectivity index (χ4n) is 2.27. The third-order valence-electron chi connectivity index (χ3n) is 3.21. The fraction of sp³-hybridized carbons (Fsp3) is 0.500. The Morgan fingerprint density at radius 1 is 1.35 bits per heavy atom. The molecular formula is C14H18ClNO. The minimum absolute atomic E-state index is 0.193. The van der Waals surface area contributed by atoms with Crippen molar-refractivity contribution in [2.45, 2.75) is 26.2 Å². The average Bonchev–Trinajstić information content (AvgIpc) is 2.72. The monoisotopic (exact) mass is 251 g/mol. The first-order valence-corrected chi connectivity index (χ1v) is 6.73. The van der Waals surface area contributed by atoms with Gasteiger partial charge in [-0.05, 0) is 30.0 Å². The molecule has 1 unspecified atom stereocenters. The van der Waals surface area contributed by atoms with Crippen molar-refractivity contribution in [1.29, 1.82) is 0 Å². The lowest BCUT2D eigenvalue weighted by atomic mass is 10.1. The molecule has 2 nitrogen and oxygen atoms in total. The zero-order chi connectivity index (χ0) is 12.3. The van der Waals surface area contributed by atoms with Gasteiger partial charge in [0, 0.05) is 24.5 Å². The first-order valence-electron chi connectivity index (χ1n) is 6.20. The Hall–Kier alpha value is -1.02. The first-order chi connectivity index (χ1) is 8.24. The summed E-state index contributed by atoms with van der Waals surface area (Å²) in [6, 6.07) is 8.30. The number of hydrogen-bond donors (Lipinski definition) is 0. The predicted octanol–water partition coefficient (Wildman–Crippen LogP) is 3.23. The zero-order valence-corrected chi connectivity index (χ0v) is 10.9. The topological polar surface area (TPSA) is 20.3 Å². The van der Waals surface area contributed by atoms with Gasteiger partial charge >= 0.3 is 0 Å². The molecule has 0 bridgehead atoms. The van der Waals surface area contributed by atoms with Crippen molar-refractivity contribution in [1.82, 2.24) is 0 Å². The van der Waals surface area contributed by atoms with Crippen LogP contribution in [-0.4, -0.2) is 18.3 Å². The van der Waals surface area contributed by atoms with Crippen molar-refractivity contribution >= 4 is 23.2 Å². The van der Waals surface area contributed by atoms with Crippen LogP contribution in [0.3, 0.4) is 0 Å². The molecule has 1 atom stereocenters. The highest BCUT2D eigenvalue weighted by Gasteiger charge is 2.29. The Kier molecular flexibility index (Phi) is 4.06. The molecule has 1 aromatic rings. The molecule has 17 heavy (non-hydrogen) atoms. The minimum Gasteiger partial charge on any atom is -0.312 e. The Morgan fingerprint density at radius 2 is 2.06 bits per heavy atom. The van der Waals surface area contributed by atoms with Crippen LogP contribution in [0.2, 0.25) is 0 Å². The third-order valence-corrected chi connectivity index (χ3v) is 3.65. The molecule has 0 N–H and O–H groups in total. The molecular weight excluding hydrogens is 234 g/mol. The van der Waals surface area contributed by atoms with E-state index in [-0.39, 0.29) is 5.91 Å². The summed E-state index contributed by atoms with van der Waals surface area (Å²) in [5.41, 5.74) is 2.33. The number of nitrogens with zero attached hydrogens (tertiary/aromatic N) is 1. The fourth-order valence-corrected chi connectivity index (χ4v) is 2.47. The summed E-state index contributed by atoms with van der Waals surface area (Å²) in [4.78, 5) is 13.7. The molecule has 1 saturated heterocycles. The van der Waals surface area contributed by atoms with Gasteiger partial charge in [0.1, 0.15) is 0 Å². The highest BCUT2D eigenvalue weighted by atomic mass is 35.5. The number of anilines is 1. The SMILES string of the molecule is CCCc1ccc(N2CC(CCl)CC2=O)cc1. The summed E-state index contributed by atoms with van der Waals surface area (Å²) in [7, 11) is 0. The van der Waals surface area contributed by atoms with Gasteiger partial charge in [-0.2, -0.15) is 0 Å². The summed E-state index contributed by atoms with van der Waals surface area (Å²) < 4.78 is 0. The molecule has 0 aromatic heterocycles. The van der Waals surface area contributed by atoms with Crippen LogP contribution in [0.25, 0.3) is 0 Å². The van der Waals surface area contributed by atoms with Gasteiger partial charge in [-0.25, -0.2) is 0 Å². The van der Waals surface area contributed by atoms with E-state index in [0.717, 1.165) is 25.1 Å². The summed E-state index contributed by atoms with van der Waals surface area (Å²) in [5.74, 6) is 1.06. The number of rotatable bonds is 4. The van der Waals surface area contributed by atoms with Crippen molar-refractivity contribution in [3.8, 4) is 0 Å². The molecule has 1 aliphatic heterocycles. The molecule has 0 radical (unpaired) electrons. The van der Waals surface area contributed by atoms with Crippen molar-refractivity contribution < 1.29 is 4.79 Å². The van der Waals surface area contributed by atoms with Crippen LogP contribution < -0.4 is 4.90 Å². The summed E-state index contributed by atoms with van der Waals surface area (Å²) >= 11 is 5.81. The van der Waals surface area contributed by atoms with E-state index in [4.69, 9.17) is 11.6 Å². The second kappa shape index (κ2) is 5.54. The number of aryl methyl sites for hydroxylation is 1. The molecule has 3 heteroatoms. The van der Waals surface area contributed by atoms with Crippen LogP contribution in [0.1, 0.15) is 25.3 Å². The van der Waals surface area contributed by atoms with Gasteiger partial charge in [0.2, 0.25) is 5.91 Å². The molecule has 0 spiro atoms. The highest BCUT2D eigenvalue weighted by Crippen LogP contribution is 2.26. The van der Waals surface area contributed by atoms with Crippen molar-refractivity contribution in [2.24, 2.45) is 5.92 Å². The summed E-state index contributed by atoms with van der Waals surface area (Å²) in [6.45, 7) is 2.93. The van der Waals surface area contributed by atoms with Crippen LogP contribution in [0.5, 0.6) is 0 Å². The first kappa shape index (κ1) is 12.4. The van der Waals surface area contributed by atoms with E-state index in [9.17, 15) is 4.79 Å². The molecule has 1 aromatic carbocycles. The summed E-state index contributed by atoms with van der Waals surface area (Å²) in [5, 5.41) is 0. The second-order valence-corrected chi connectivity index (χ2v) is 4.95. The van der Waals surface area contributed by atoms with E-state index in [1.165, 1.54) is 5.56 Å². The second-order valence-electron chi connectivity index (χ2n) is 4.65. The number of carbonyl (C=O) groups excluding carboxylic acids is 1. The van der Waals surface area contributed by atoms with Crippen LogP contribution >= 0.6 is 11.6 Å². The number of hydrogen-bond acceptors (Lipinski definition) is 1. The van der Waals surface area contributed by atoms with Gasteiger partial charge in [0.05, 0.1) is 0 Å². The lowest BCUT2D eigenvalue weighted by molar-refractivity contribution is -0.117. The van der Waals surface area contributed by atoms with Crippen molar-refractivity contribution in [2.75, 3.05) is 17.3 Å². The predicted molar refractivity (Wildman–Crippen MR) is 71.6 cm³/mol. The molecule has 1 fully saturated rings. The van der Waals surface area contributed by atoms with Crippen LogP contribution in [0.4, 0.5) is 5.69 Å². The highest BCUT2D eigenvalue weighted by molar-refractivity contribution is 6.18. The van der Waals surface area contributed by atoms with E-state index < -0.39 is 0 Å². The van der Waals surface area contributed by atoms with Gasteiger partial charge in [-0.15, -0.1) is 11.6 Å². The Balaban J connectivity index is 2.09. The molecule has 2 rings (SSSR count). The zero-order valence-electron chi connectivity index (χ0n) is 10.2. The van der Waals surface area contributed by atoms with Gasteiger partial charge in [0.15, 0.2) is 0 Å². The van der Waals surface area contributed by atoms with E-state index >= 15 is 0 Å². The molecule has 1 aliphatic rings. The van der Waals surface area contributed by atoms with Crippen molar-refractivity contribution in [3.63, 3.8) is 0 Å². The third kappa shape index (κ3) is 2.81. The number of amides is 1. The van der Waals surface area contributed by atoms with Crippen LogP contribution in [-0.2, 0) is 11.2 Å². The van der Waals surface area contributed by atoms with Crippen LogP contribution in [0, 0.1) is 5.92 Å². The number of halogens is 1. The molecule has 1 amide bonds. The molecule has 1 heterocycles. The van der Waals surface area contributed by atoms with E-state index in [1.807, 2.05) is 17.0 Å². The van der Waals surface area contributed by atoms with Crippen LogP contribution in [0.15, 0.2) is 24.3 Å². The normalized spacial score (nSPS) is 20.0. The van der Waals surface area contributed by atoms with Crippen molar-refractivity contribution in [3.05, 3.63) is 29.8 Å². The number of alkyl halides is 1. The number of benzene rings is 1. The van der Waals surface area contributed by atoms with Gasteiger partial charge in [0.25, 0.3) is 0 Å². The lowest BCUT2D eigenvalue weighted by Gasteiger charge is -2.16. The Labute approximate surface area is 108 Å². The quantitative estimate of drug-likeness (QED) is 0.753. The van der Waals surface area contributed by atoms with E-state index in [0.29, 0.717) is 18.2 Å². The standard InChI is InChI=1S/C14H18ClNO/c1-2-3-11-4-6-13(7-5-11)16-10-12(9-15)8-14(16)17/h4-7,12H,2-3,8-10H2,1H3. The molecule has 0 aliphatic carbocycles. The maximum atomic E-state index is 11.8. The average molecular weight is 252 g/mol. The van der Waals surface area contributed by atoms with Gasteiger partial charge in [-0.1, -0.05) is 25.5 Å². The summed E-state index contributed by atoms with van der Waals surface area (Å²) in [6.07, 6.45) is 2.83. The maximum Gasteiger partial charge on any atom is 0.227 e. The smallest absolute Gasteiger partial charge is 0.227 e. The minimum atomic E-state index is 0.193. The maximum absolute atomic E-state index is 11.8. The largest absolute Gasteiger partial charge is 0.312 e. The molecule has 0 saturated carbocycles.